The van der Waals surface area contributed by atoms with Crippen molar-refractivity contribution in [3.63, 3.8) is 0 Å². The van der Waals surface area contributed by atoms with Crippen molar-refractivity contribution in [3.05, 3.63) is 57.3 Å². The molecule has 1 amide bonds. The number of aryl methyl sites for hydroxylation is 1. The van der Waals surface area contributed by atoms with Crippen LogP contribution >= 0.6 is 23.1 Å². The lowest BCUT2D eigenvalue weighted by Gasteiger charge is -2.16. The minimum Gasteiger partial charge on any atom is -0.394 e. The molecule has 3 rings (SSSR count). The van der Waals surface area contributed by atoms with E-state index in [1.165, 1.54) is 10.4 Å². The van der Waals surface area contributed by atoms with Crippen LogP contribution in [-0.4, -0.2) is 23.4 Å². The summed E-state index contributed by atoms with van der Waals surface area (Å²) in [6.45, 7) is -0.101. The highest BCUT2D eigenvalue weighted by molar-refractivity contribution is 7.98. The number of amides is 1. The molecule has 1 unspecified atom stereocenters. The Balaban J connectivity index is 1.74. The first kappa shape index (κ1) is 14.6. The molecule has 0 saturated heterocycles. The highest BCUT2D eigenvalue weighted by Gasteiger charge is 2.20. The maximum atomic E-state index is 12.4. The number of benzene rings is 1. The molecule has 3 nitrogen and oxygen atoms in total. The summed E-state index contributed by atoms with van der Waals surface area (Å²) in [4.78, 5) is 14.5. The van der Waals surface area contributed by atoms with Gasteiger partial charge in [0.25, 0.3) is 5.91 Å². The Morgan fingerprint density at radius 3 is 2.86 bits per heavy atom. The fourth-order valence-electron chi connectivity index (χ4n) is 2.41. The maximum Gasteiger partial charge on any atom is 0.261 e. The van der Waals surface area contributed by atoms with E-state index >= 15 is 0 Å². The maximum absolute atomic E-state index is 12.4. The summed E-state index contributed by atoms with van der Waals surface area (Å²) in [5, 5.41) is 12.4. The van der Waals surface area contributed by atoms with E-state index in [-0.39, 0.29) is 18.6 Å². The van der Waals surface area contributed by atoms with E-state index in [4.69, 9.17) is 0 Å². The monoisotopic (exact) mass is 319 g/mol. The summed E-state index contributed by atoms with van der Waals surface area (Å²) in [7, 11) is 0. The summed E-state index contributed by atoms with van der Waals surface area (Å²) in [5.41, 5.74) is 2.21. The van der Waals surface area contributed by atoms with Crippen LogP contribution in [0.3, 0.4) is 0 Å². The van der Waals surface area contributed by atoms with Gasteiger partial charge in [-0.2, -0.15) is 11.8 Å². The summed E-state index contributed by atoms with van der Waals surface area (Å²) in [6, 6.07) is 11.2. The van der Waals surface area contributed by atoms with E-state index < -0.39 is 0 Å². The minimum atomic E-state index is -0.354. The summed E-state index contributed by atoms with van der Waals surface area (Å²) in [5.74, 6) is 2.04. The Bertz CT molecular complexity index is 601. The van der Waals surface area contributed by atoms with Crippen LogP contribution in [0.25, 0.3) is 0 Å². The van der Waals surface area contributed by atoms with Crippen molar-refractivity contribution in [1.29, 1.82) is 0 Å². The lowest BCUT2D eigenvalue weighted by atomic mass is 10.1. The number of carbonyl (C=O) groups excluding carboxylic acids is 1. The second-order valence-corrected chi connectivity index (χ2v) is 7.22. The third kappa shape index (κ3) is 3.31. The number of carbonyl (C=O) groups is 1. The van der Waals surface area contributed by atoms with Gasteiger partial charge in [-0.15, -0.1) is 11.3 Å². The van der Waals surface area contributed by atoms with Crippen LogP contribution in [0.5, 0.6) is 0 Å². The first-order valence-electron chi connectivity index (χ1n) is 6.94. The van der Waals surface area contributed by atoms with Gasteiger partial charge in [-0.3, -0.25) is 4.79 Å². The van der Waals surface area contributed by atoms with Crippen LogP contribution in [0, 0.1) is 0 Å². The normalized spacial score (nSPS) is 15.3. The topological polar surface area (TPSA) is 49.3 Å². The summed E-state index contributed by atoms with van der Waals surface area (Å²) < 4.78 is 0. The third-order valence-electron chi connectivity index (χ3n) is 3.54. The number of fused-ring (bicyclic) bond motifs is 1. The Hall–Kier alpha value is -1.30. The van der Waals surface area contributed by atoms with Gasteiger partial charge in [-0.1, -0.05) is 30.3 Å². The van der Waals surface area contributed by atoms with Crippen LogP contribution in [0.4, 0.5) is 0 Å². The van der Waals surface area contributed by atoms with E-state index in [1.54, 1.807) is 11.3 Å². The molecule has 0 radical (unpaired) electrons. The standard InChI is InChI=1S/C16H17NO2S2/c18-9-13(11-4-2-1-3-5-11)17-16(19)15-8-12-10-20-7-6-14(12)21-15/h1-5,8,13,18H,6-7,9-10H2,(H,17,19). The van der Waals surface area contributed by atoms with Crippen molar-refractivity contribution < 1.29 is 9.90 Å². The van der Waals surface area contributed by atoms with Crippen LogP contribution in [-0.2, 0) is 12.2 Å². The molecule has 2 heterocycles. The Labute approximate surface area is 132 Å². The molecule has 1 aromatic heterocycles. The number of rotatable bonds is 4. The van der Waals surface area contributed by atoms with Crippen molar-refractivity contribution in [3.8, 4) is 0 Å². The zero-order chi connectivity index (χ0) is 14.7. The molecule has 2 N–H and O–H groups in total. The second-order valence-electron chi connectivity index (χ2n) is 4.98. The molecule has 1 aromatic carbocycles. The molecule has 0 fully saturated rings. The van der Waals surface area contributed by atoms with Crippen molar-refractivity contribution in [2.75, 3.05) is 12.4 Å². The molecule has 110 valence electrons. The van der Waals surface area contributed by atoms with Gasteiger partial charge in [0.2, 0.25) is 0 Å². The third-order valence-corrected chi connectivity index (χ3v) is 5.79. The fraction of sp³-hybridized carbons (Fsp3) is 0.312. The largest absolute Gasteiger partial charge is 0.394 e. The van der Waals surface area contributed by atoms with Crippen molar-refractivity contribution in [1.82, 2.24) is 5.32 Å². The predicted octanol–water partition coefficient (Wildman–Crippen LogP) is 3.00. The second kappa shape index (κ2) is 6.64. The molecule has 21 heavy (non-hydrogen) atoms. The molecule has 1 aliphatic rings. The highest BCUT2D eigenvalue weighted by atomic mass is 32.2. The fourth-order valence-corrected chi connectivity index (χ4v) is 4.68. The molecule has 0 bridgehead atoms. The Morgan fingerprint density at radius 1 is 1.33 bits per heavy atom. The first-order chi connectivity index (χ1) is 10.3. The molecule has 0 saturated carbocycles. The lowest BCUT2D eigenvalue weighted by Crippen LogP contribution is -2.30. The molecular formula is C16H17NO2S2. The van der Waals surface area contributed by atoms with Gasteiger partial charge in [-0.05, 0) is 29.4 Å². The lowest BCUT2D eigenvalue weighted by molar-refractivity contribution is 0.0920. The number of thiophene rings is 1. The summed E-state index contributed by atoms with van der Waals surface area (Å²) >= 11 is 3.50. The van der Waals surface area contributed by atoms with Gasteiger partial charge in [-0.25, -0.2) is 0 Å². The zero-order valence-electron chi connectivity index (χ0n) is 11.5. The molecule has 0 spiro atoms. The van der Waals surface area contributed by atoms with Crippen LogP contribution in [0.2, 0.25) is 0 Å². The smallest absolute Gasteiger partial charge is 0.261 e. The molecule has 1 atom stereocenters. The number of aliphatic hydroxyl groups excluding tert-OH is 1. The summed E-state index contributed by atoms with van der Waals surface area (Å²) in [6.07, 6.45) is 1.06. The van der Waals surface area contributed by atoms with Crippen molar-refractivity contribution in [2.24, 2.45) is 0 Å². The Kier molecular flexibility index (Phi) is 4.63. The number of hydrogen-bond acceptors (Lipinski definition) is 4. The van der Waals surface area contributed by atoms with Crippen molar-refractivity contribution in [2.45, 2.75) is 18.2 Å². The quantitative estimate of drug-likeness (QED) is 0.911. The van der Waals surface area contributed by atoms with E-state index in [0.717, 1.165) is 28.4 Å². The van der Waals surface area contributed by atoms with E-state index in [2.05, 4.69) is 5.32 Å². The van der Waals surface area contributed by atoms with Gasteiger partial charge >= 0.3 is 0 Å². The SMILES string of the molecule is O=C(NC(CO)c1ccccc1)c1cc2c(s1)CCSC2. The van der Waals surface area contributed by atoms with Gasteiger partial charge in [0.05, 0.1) is 17.5 Å². The number of hydrogen-bond donors (Lipinski definition) is 2. The van der Waals surface area contributed by atoms with E-state index in [1.807, 2.05) is 48.2 Å². The van der Waals surface area contributed by atoms with Gasteiger partial charge in [0, 0.05) is 10.6 Å². The number of nitrogens with one attached hydrogen (secondary N) is 1. The Morgan fingerprint density at radius 2 is 2.14 bits per heavy atom. The van der Waals surface area contributed by atoms with Gasteiger partial charge in [0.1, 0.15) is 0 Å². The molecule has 2 aromatic rings. The molecule has 1 aliphatic heterocycles. The van der Waals surface area contributed by atoms with Gasteiger partial charge < -0.3 is 10.4 Å². The molecular weight excluding hydrogens is 302 g/mol. The number of thioether (sulfide) groups is 1. The molecule has 5 heteroatoms. The van der Waals surface area contributed by atoms with Crippen molar-refractivity contribution >= 4 is 29.0 Å². The minimum absolute atomic E-state index is 0.0951. The van der Waals surface area contributed by atoms with Crippen LogP contribution < -0.4 is 5.32 Å². The molecule has 0 aliphatic carbocycles. The van der Waals surface area contributed by atoms with Crippen LogP contribution in [0.1, 0.15) is 31.7 Å². The predicted molar refractivity (Wildman–Crippen MR) is 87.9 cm³/mol. The van der Waals surface area contributed by atoms with Gasteiger partial charge in [0.15, 0.2) is 0 Å². The average Bonchev–Trinajstić information content (AvgIpc) is 2.97. The highest BCUT2D eigenvalue weighted by Crippen LogP contribution is 2.31. The number of aliphatic hydroxyl groups is 1. The average molecular weight is 319 g/mol. The van der Waals surface area contributed by atoms with E-state index in [0.29, 0.717) is 0 Å². The first-order valence-corrected chi connectivity index (χ1v) is 8.91. The van der Waals surface area contributed by atoms with Crippen LogP contribution in [0.15, 0.2) is 36.4 Å². The zero-order valence-corrected chi connectivity index (χ0v) is 13.2. The van der Waals surface area contributed by atoms with E-state index in [9.17, 15) is 9.90 Å².